The summed E-state index contributed by atoms with van der Waals surface area (Å²) in [6.45, 7) is 8.98. The number of ether oxygens (including phenoxy) is 1. The summed E-state index contributed by atoms with van der Waals surface area (Å²) in [6, 6.07) is 5.85. The molecule has 0 heterocycles. The Bertz CT molecular complexity index is 627. The average molecular weight is 356 g/mol. The maximum Gasteiger partial charge on any atom is 0.339 e. The lowest BCUT2D eigenvalue weighted by molar-refractivity contribution is 0.0596. The number of nitrogens with one attached hydrogen (secondary N) is 1. The number of sulfonamides is 1. The number of carbonyl (C=O) groups is 1. The highest BCUT2D eigenvalue weighted by atomic mass is 32.2. The third kappa shape index (κ3) is 5.89. The van der Waals surface area contributed by atoms with Gasteiger partial charge in [0.25, 0.3) is 0 Å². The van der Waals surface area contributed by atoms with E-state index in [1.165, 1.54) is 19.2 Å². The van der Waals surface area contributed by atoms with Crippen LogP contribution in [0.15, 0.2) is 29.2 Å². The standard InChI is InChI=1S/C17H28N2O4S/c1-5-19(6-2)13-9-10-14(3)18-24(21,22)16-12-8-7-11-15(16)17(20)23-4/h7-8,11-12,14,18H,5-6,9-10,13H2,1-4H3/t14-/m0/s1. The molecule has 0 saturated heterocycles. The minimum absolute atomic E-state index is 0.0443. The molecule has 7 heteroatoms. The predicted molar refractivity (Wildman–Crippen MR) is 94.6 cm³/mol. The van der Waals surface area contributed by atoms with E-state index in [4.69, 9.17) is 0 Å². The third-order valence-electron chi connectivity index (χ3n) is 3.94. The van der Waals surface area contributed by atoms with Crippen molar-refractivity contribution in [3.8, 4) is 0 Å². The summed E-state index contributed by atoms with van der Waals surface area (Å²) in [5.41, 5.74) is 0.0443. The van der Waals surface area contributed by atoms with Crippen LogP contribution in [0, 0.1) is 0 Å². The third-order valence-corrected chi connectivity index (χ3v) is 5.59. The molecule has 24 heavy (non-hydrogen) atoms. The normalized spacial score (nSPS) is 13.0. The van der Waals surface area contributed by atoms with Gasteiger partial charge in [-0.1, -0.05) is 26.0 Å². The van der Waals surface area contributed by atoms with Gasteiger partial charge in [-0.2, -0.15) is 0 Å². The second-order valence-electron chi connectivity index (χ2n) is 5.68. The minimum atomic E-state index is -3.77. The van der Waals surface area contributed by atoms with E-state index < -0.39 is 16.0 Å². The Labute approximate surface area is 145 Å². The van der Waals surface area contributed by atoms with Crippen LogP contribution in [0.2, 0.25) is 0 Å². The molecule has 0 amide bonds. The summed E-state index contributed by atoms with van der Waals surface area (Å²) >= 11 is 0. The molecular weight excluding hydrogens is 328 g/mol. The Morgan fingerprint density at radius 2 is 1.88 bits per heavy atom. The van der Waals surface area contributed by atoms with Crippen molar-refractivity contribution in [2.45, 2.75) is 44.6 Å². The van der Waals surface area contributed by atoms with Gasteiger partial charge in [-0.25, -0.2) is 17.9 Å². The van der Waals surface area contributed by atoms with E-state index in [2.05, 4.69) is 28.2 Å². The first-order valence-electron chi connectivity index (χ1n) is 8.27. The van der Waals surface area contributed by atoms with Gasteiger partial charge >= 0.3 is 5.97 Å². The van der Waals surface area contributed by atoms with Crippen LogP contribution in [0.1, 0.15) is 44.0 Å². The van der Waals surface area contributed by atoms with Gasteiger partial charge in [0.05, 0.1) is 17.6 Å². The van der Waals surface area contributed by atoms with Crippen molar-refractivity contribution in [3.05, 3.63) is 29.8 Å². The largest absolute Gasteiger partial charge is 0.465 e. The van der Waals surface area contributed by atoms with Crippen LogP contribution in [0.3, 0.4) is 0 Å². The molecule has 0 saturated carbocycles. The van der Waals surface area contributed by atoms with Crippen LogP contribution in [-0.2, 0) is 14.8 Å². The molecule has 0 aliphatic heterocycles. The van der Waals surface area contributed by atoms with Gasteiger partial charge in [0.1, 0.15) is 0 Å². The molecule has 0 bridgehead atoms. The summed E-state index contributed by atoms with van der Waals surface area (Å²) in [5.74, 6) is -0.662. The van der Waals surface area contributed by atoms with Crippen LogP contribution < -0.4 is 4.72 Å². The summed E-state index contributed by atoms with van der Waals surface area (Å²) in [7, 11) is -2.54. The van der Waals surface area contributed by atoms with Crippen LogP contribution in [-0.4, -0.2) is 52.1 Å². The molecule has 0 spiro atoms. The van der Waals surface area contributed by atoms with E-state index in [-0.39, 0.29) is 16.5 Å². The molecule has 0 radical (unpaired) electrons. The van der Waals surface area contributed by atoms with Crippen molar-refractivity contribution < 1.29 is 17.9 Å². The van der Waals surface area contributed by atoms with E-state index in [1.807, 2.05) is 6.92 Å². The Balaban J connectivity index is 2.75. The van der Waals surface area contributed by atoms with Gasteiger partial charge in [0.2, 0.25) is 10.0 Å². The van der Waals surface area contributed by atoms with Gasteiger partial charge in [0, 0.05) is 6.04 Å². The summed E-state index contributed by atoms with van der Waals surface area (Å²) in [6.07, 6.45) is 1.64. The maximum absolute atomic E-state index is 12.6. The summed E-state index contributed by atoms with van der Waals surface area (Å²) < 4.78 is 32.4. The molecule has 0 fully saturated rings. The van der Waals surface area contributed by atoms with Crippen molar-refractivity contribution in [1.29, 1.82) is 0 Å². The topological polar surface area (TPSA) is 75.7 Å². The number of methoxy groups -OCH3 is 1. The molecule has 0 aromatic heterocycles. The van der Waals surface area contributed by atoms with E-state index in [0.29, 0.717) is 0 Å². The predicted octanol–water partition coefficient (Wildman–Crippen LogP) is 2.26. The lowest BCUT2D eigenvalue weighted by Crippen LogP contribution is -2.34. The van der Waals surface area contributed by atoms with Crippen molar-refractivity contribution in [2.75, 3.05) is 26.7 Å². The molecule has 0 aliphatic rings. The van der Waals surface area contributed by atoms with Gasteiger partial charge in [-0.05, 0) is 51.5 Å². The smallest absolute Gasteiger partial charge is 0.339 e. The molecule has 1 aromatic carbocycles. The Kier molecular flexibility index (Phi) is 8.38. The lowest BCUT2D eigenvalue weighted by Gasteiger charge is -2.20. The van der Waals surface area contributed by atoms with Crippen molar-refractivity contribution in [2.24, 2.45) is 0 Å². The molecule has 1 rings (SSSR count). The van der Waals surface area contributed by atoms with Gasteiger partial charge in [-0.15, -0.1) is 0 Å². The SMILES string of the molecule is CCN(CC)CCC[C@H](C)NS(=O)(=O)c1ccccc1C(=O)OC. The molecule has 1 atom stereocenters. The first kappa shape index (κ1) is 20.6. The number of hydrogen-bond donors (Lipinski definition) is 1. The zero-order valence-corrected chi connectivity index (χ0v) is 15.7. The Hall–Kier alpha value is -1.44. The van der Waals surface area contributed by atoms with Gasteiger partial charge in [-0.3, -0.25) is 0 Å². The summed E-state index contributed by atoms with van der Waals surface area (Å²) in [4.78, 5) is 14.0. The van der Waals surface area contributed by atoms with E-state index in [9.17, 15) is 13.2 Å². The highest BCUT2D eigenvalue weighted by molar-refractivity contribution is 7.89. The van der Waals surface area contributed by atoms with E-state index >= 15 is 0 Å². The number of nitrogens with zero attached hydrogens (tertiary/aromatic N) is 1. The fourth-order valence-electron chi connectivity index (χ4n) is 2.53. The highest BCUT2D eigenvalue weighted by Crippen LogP contribution is 2.17. The Morgan fingerprint density at radius 3 is 2.46 bits per heavy atom. The number of carbonyl (C=O) groups excluding carboxylic acids is 1. The van der Waals surface area contributed by atoms with E-state index in [0.717, 1.165) is 32.5 Å². The molecule has 0 unspecified atom stereocenters. The fraction of sp³-hybridized carbons (Fsp3) is 0.588. The first-order valence-corrected chi connectivity index (χ1v) is 9.76. The van der Waals surface area contributed by atoms with Gasteiger partial charge in [0.15, 0.2) is 0 Å². The summed E-state index contributed by atoms with van der Waals surface area (Å²) in [5, 5.41) is 0. The number of hydrogen-bond acceptors (Lipinski definition) is 5. The zero-order chi connectivity index (χ0) is 18.2. The van der Waals surface area contributed by atoms with Crippen LogP contribution in [0.25, 0.3) is 0 Å². The molecule has 1 N–H and O–H groups in total. The van der Waals surface area contributed by atoms with Gasteiger partial charge < -0.3 is 9.64 Å². The molecule has 0 aliphatic carbocycles. The van der Waals surface area contributed by atoms with Crippen LogP contribution in [0.5, 0.6) is 0 Å². The van der Waals surface area contributed by atoms with Crippen molar-refractivity contribution >= 4 is 16.0 Å². The molecular formula is C17H28N2O4S. The molecule has 136 valence electrons. The van der Waals surface area contributed by atoms with Crippen LogP contribution >= 0.6 is 0 Å². The van der Waals surface area contributed by atoms with Crippen molar-refractivity contribution in [1.82, 2.24) is 9.62 Å². The fourth-order valence-corrected chi connectivity index (χ4v) is 4.00. The average Bonchev–Trinajstić information content (AvgIpc) is 2.57. The van der Waals surface area contributed by atoms with Crippen molar-refractivity contribution in [3.63, 3.8) is 0 Å². The zero-order valence-electron chi connectivity index (χ0n) is 14.9. The number of rotatable bonds is 10. The van der Waals surface area contributed by atoms with E-state index in [1.54, 1.807) is 12.1 Å². The van der Waals surface area contributed by atoms with Crippen LogP contribution in [0.4, 0.5) is 0 Å². The first-order chi connectivity index (χ1) is 11.4. The highest BCUT2D eigenvalue weighted by Gasteiger charge is 2.24. The monoisotopic (exact) mass is 356 g/mol. The second-order valence-corrected chi connectivity index (χ2v) is 7.36. The quantitative estimate of drug-likeness (QED) is 0.651. The minimum Gasteiger partial charge on any atom is -0.465 e. The Morgan fingerprint density at radius 1 is 1.25 bits per heavy atom. The maximum atomic E-state index is 12.6. The second kappa shape index (κ2) is 9.76. The molecule has 6 nitrogen and oxygen atoms in total. The lowest BCUT2D eigenvalue weighted by atomic mass is 10.2. The number of esters is 1. The number of benzene rings is 1. The molecule has 1 aromatic rings.